The largest absolute Gasteiger partial charge is 0.496 e. The lowest BCUT2D eigenvalue weighted by atomic mass is 10.1. The van der Waals surface area contributed by atoms with Gasteiger partial charge in [-0.1, -0.05) is 6.07 Å². The van der Waals surface area contributed by atoms with Gasteiger partial charge in [-0.2, -0.15) is 5.10 Å². The second-order valence-electron chi connectivity index (χ2n) is 4.42. The van der Waals surface area contributed by atoms with E-state index >= 15 is 0 Å². The summed E-state index contributed by atoms with van der Waals surface area (Å²) in [6, 6.07) is 5.09. The van der Waals surface area contributed by atoms with Gasteiger partial charge in [0.25, 0.3) is 5.91 Å². The number of aromatic nitrogens is 2. The van der Waals surface area contributed by atoms with Gasteiger partial charge in [0.1, 0.15) is 5.75 Å². The van der Waals surface area contributed by atoms with Crippen molar-refractivity contribution in [3.8, 4) is 5.75 Å². The van der Waals surface area contributed by atoms with Crippen LogP contribution in [-0.2, 0) is 7.05 Å². The Bertz CT molecular complexity index is 706. The van der Waals surface area contributed by atoms with Gasteiger partial charge in [-0.15, -0.1) is 0 Å². The molecule has 21 heavy (non-hydrogen) atoms. The Morgan fingerprint density at radius 2 is 2.10 bits per heavy atom. The number of carbonyl (C=O) groups excluding carboxylic acids is 1. The number of carboxylic acids is 1. The summed E-state index contributed by atoms with van der Waals surface area (Å²) >= 11 is 0. The normalized spacial score (nSPS) is 10.2. The van der Waals surface area contributed by atoms with Crippen LogP contribution >= 0.6 is 0 Å². The molecule has 0 aliphatic heterocycles. The SMILES string of the molecule is COc1cccc(C(=O)Nc2cnn(C)c2C(=O)O)c1C. The summed E-state index contributed by atoms with van der Waals surface area (Å²) in [5.41, 5.74) is 1.16. The highest BCUT2D eigenvalue weighted by Crippen LogP contribution is 2.22. The first kappa shape index (κ1) is 14.6. The number of nitrogens with zero attached hydrogens (tertiary/aromatic N) is 2. The van der Waals surface area contributed by atoms with Gasteiger partial charge < -0.3 is 15.2 Å². The maximum Gasteiger partial charge on any atom is 0.356 e. The zero-order valence-electron chi connectivity index (χ0n) is 11.9. The first-order chi connectivity index (χ1) is 9.95. The summed E-state index contributed by atoms with van der Waals surface area (Å²) in [5.74, 6) is -0.984. The zero-order valence-corrected chi connectivity index (χ0v) is 11.9. The topological polar surface area (TPSA) is 93.5 Å². The van der Waals surface area contributed by atoms with E-state index in [2.05, 4.69) is 10.4 Å². The number of hydrogen-bond donors (Lipinski definition) is 2. The lowest BCUT2D eigenvalue weighted by molar-refractivity contribution is 0.0686. The summed E-state index contributed by atoms with van der Waals surface area (Å²) in [5, 5.41) is 15.5. The van der Waals surface area contributed by atoms with Crippen molar-refractivity contribution in [2.45, 2.75) is 6.92 Å². The van der Waals surface area contributed by atoms with Crippen molar-refractivity contribution in [2.75, 3.05) is 12.4 Å². The molecule has 0 radical (unpaired) electrons. The lowest BCUT2D eigenvalue weighted by Crippen LogP contribution is -2.16. The van der Waals surface area contributed by atoms with E-state index in [9.17, 15) is 9.59 Å². The van der Waals surface area contributed by atoms with Crippen LogP contribution in [-0.4, -0.2) is 33.9 Å². The van der Waals surface area contributed by atoms with Crippen molar-refractivity contribution >= 4 is 17.6 Å². The maximum absolute atomic E-state index is 12.3. The first-order valence-corrected chi connectivity index (χ1v) is 6.16. The number of carboxylic acid groups (broad SMARTS) is 1. The van der Waals surface area contributed by atoms with Crippen LogP contribution in [0, 0.1) is 6.92 Å². The summed E-state index contributed by atoms with van der Waals surface area (Å²) in [6.45, 7) is 1.76. The van der Waals surface area contributed by atoms with E-state index in [-0.39, 0.29) is 11.4 Å². The average Bonchev–Trinajstić information content (AvgIpc) is 2.79. The average molecular weight is 289 g/mol. The molecule has 0 aliphatic rings. The summed E-state index contributed by atoms with van der Waals surface area (Å²) in [7, 11) is 3.02. The molecular weight excluding hydrogens is 274 g/mol. The number of carbonyl (C=O) groups is 2. The van der Waals surface area contributed by atoms with Crippen molar-refractivity contribution in [1.82, 2.24) is 9.78 Å². The maximum atomic E-state index is 12.3. The Labute approximate surface area is 121 Å². The predicted octanol–water partition coefficient (Wildman–Crippen LogP) is 1.69. The van der Waals surface area contributed by atoms with E-state index in [1.807, 2.05) is 0 Å². The fourth-order valence-corrected chi connectivity index (χ4v) is 2.05. The summed E-state index contributed by atoms with van der Waals surface area (Å²) in [6.07, 6.45) is 1.30. The van der Waals surface area contributed by atoms with Crippen molar-refractivity contribution in [2.24, 2.45) is 7.05 Å². The fourth-order valence-electron chi connectivity index (χ4n) is 2.05. The van der Waals surface area contributed by atoms with Crippen LogP contribution in [0.1, 0.15) is 26.4 Å². The number of ether oxygens (including phenoxy) is 1. The molecule has 0 saturated carbocycles. The number of methoxy groups -OCH3 is 1. The smallest absolute Gasteiger partial charge is 0.356 e. The summed E-state index contributed by atoms with van der Waals surface area (Å²) in [4.78, 5) is 23.4. The van der Waals surface area contributed by atoms with E-state index in [1.165, 1.54) is 25.0 Å². The van der Waals surface area contributed by atoms with Crippen molar-refractivity contribution < 1.29 is 19.4 Å². The number of nitrogens with one attached hydrogen (secondary N) is 1. The molecule has 0 bridgehead atoms. The van der Waals surface area contributed by atoms with Gasteiger partial charge in [0.15, 0.2) is 5.69 Å². The molecule has 0 unspecified atom stereocenters. The molecule has 0 atom stereocenters. The number of aromatic carboxylic acids is 1. The van der Waals surface area contributed by atoms with Gasteiger partial charge >= 0.3 is 5.97 Å². The van der Waals surface area contributed by atoms with Crippen molar-refractivity contribution in [3.05, 3.63) is 41.2 Å². The molecule has 2 aromatic rings. The van der Waals surface area contributed by atoms with Crippen LogP contribution in [0.3, 0.4) is 0 Å². The molecule has 0 spiro atoms. The van der Waals surface area contributed by atoms with E-state index in [1.54, 1.807) is 25.1 Å². The Kier molecular flexibility index (Phi) is 3.93. The minimum Gasteiger partial charge on any atom is -0.496 e. The highest BCUT2D eigenvalue weighted by Gasteiger charge is 2.19. The Morgan fingerprint density at radius 3 is 2.71 bits per heavy atom. The number of rotatable bonds is 4. The van der Waals surface area contributed by atoms with Crippen molar-refractivity contribution in [3.63, 3.8) is 0 Å². The highest BCUT2D eigenvalue weighted by molar-refractivity contribution is 6.08. The third-order valence-corrected chi connectivity index (χ3v) is 3.14. The van der Waals surface area contributed by atoms with Crippen LogP contribution in [0.2, 0.25) is 0 Å². The highest BCUT2D eigenvalue weighted by atomic mass is 16.5. The van der Waals surface area contributed by atoms with Crippen LogP contribution in [0.5, 0.6) is 5.75 Å². The third-order valence-electron chi connectivity index (χ3n) is 3.14. The predicted molar refractivity (Wildman–Crippen MR) is 75.9 cm³/mol. The van der Waals surface area contributed by atoms with Gasteiger partial charge in [-0.25, -0.2) is 4.79 Å². The minimum absolute atomic E-state index is 0.0797. The zero-order chi connectivity index (χ0) is 15.6. The van der Waals surface area contributed by atoms with E-state index in [0.717, 1.165) is 0 Å². The minimum atomic E-state index is -1.16. The number of aryl methyl sites for hydroxylation is 1. The van der Waals surface area contributed by atoms with Gasteiger partial charge in [0.05, 0.1) is 19.0 Å². The molecule has 7 nitrogen and oxygen atoms in total. The molecule has 0 saturated heterocycles. The Balaban J connectivity index is 2.33. The number of hydrogen-bond acceptors (Lipinski definition) is 4. The molecule has 0 aliphatic carbocycles. The van der Waals surface area contributed by atoms with E-state index < -0.39 is 11.9 Å². The third kappa shape index (κ3) is 2.71. The Morgan fingerprint density at radius 1 is 1.38 bits per heavy atom. The first-order valence-electron chi connectivity index (χ1n) is 6.16. The van der Waals surface area contributed by atoms with Gasteiger partial charge in [-0.3, -0.25) is 9.48 Å². The second-order valence-corrected chi connectivity index (χ2v) is 4.42. The summed E-state index contributed by atoms with van der Waals surface area (Å²) < 4.78 is 6.35. The molecule has 1 heterocycles. The van der Waals surface area contributed by atoms with Gasteiger partial charge in [-0.05, 0) is 19.1 Å². The molecule has 110 valence electrons. The molecule has 7 heteroatoms. The van der Waals surface area contributed by atoms with Crippen molar-refractivity contribution in [1.29, 1.82) is 0 Å². The van der Waals surface area contributed by atoms with Crippen LogP contribution in [0.15, 0.2) is 24.4 Å². The van der Waals surface area contributed by atoms with Gasteiger partial charge in [0.2, 0.25) is 0 Å². The van der Waals surface area contributed by atoms with Crippen LogP contribution in [0.4, 0.5) is 5.69 Å². The molecule has 2 rings (SSSR count). The quantitative estimate of drug-likeness (QED) is 0.893. The second kappa shape index (κ2) is 5.66. The van der Waals surface area contributed by atoms with E-state index in [0.29, 0.717) is 16.9 Å². The fraction of sp³-hybridized carbons (Fsp3) is 0.214. The molecule has 2 N–H and O–H groups in total. The number of anilines is 1. The lowest BCUT2D eigenvalue weighted by Gasteiger charge is -2.10. The monoisotopic (exact) mass is 289 g/mol. The number of benzene rings is 1. The van der Waals surface area contributed by atoms with Gasteiger partial charge in [0, 0.05) is 18.2 Å². The number of amides is 1. The molecule has 1 amide bonds. The van der Waals surface area contributed by atoms with Crippen LogP contribution in [0.25, 0.3) is 0 Å². The Hall–Kier alpha value is -2.83. The van der Waals surface area contributed by atoms with E-state index in [4.69, 9.17) is 9.84 Å². The van der Waals surface area contributed by atoms with Crippen LogP contribution < -0.4 is 10.1 Å². The molecule has 0 fully saturated rings. The molecule has 1 aromatic carbocycles. The molecular formula is C14H15N3O4. The molecule has 1 aromatic heterocycles. The standard InChI is InChI=1S/C14H15N3O4/c1-8-9(5-4-6-11(8)21-3)13(18)16-10-7-15-17(2)12(10)14(19)20/h4-7H,1-3H3,(H,16,18)(H,19,20).